The van der Waals surface area contributed by atoms with Crippen molar-refractivity contribution in [1.82, 2.24) is 19.9 Å². The summed E-state index contributed by atoms with van der Waals surface area (Å²) in [7, 11) is 2.17. The predicted molar refractivity (Wildman–Crippen MR) is 195 cm³/mol. The second-order valence-corrected chi connectivity index (χ2v) is 15.5. The van der Waals surface area contributed by atoms with Gasteiger partial charge in [0.15, 0.2) is 0 Å². The molecule has 6 rings (SSSR count). The molecule has 2 fully saturated rings. The minimum absolute atomic E-state index is 0.165. The van der Waals surface area contributed by atoms with Gasteiger partial charge in [0.25, 0.3) is 5.92 Å². The number of nitrogens with two attached hydrogens (primary N) is 2. The van der Waals surface area contributed by atoms with Crippen molar-refractivity contribution in [2.45, 2.75) is 57.4 Å². The average molecular weight is 685 g/mol. The van der Waals surface area contributed by atoms with Crippen LogP contribution in [0, 0.1) is 17.7 Å². The van der Waals surface area contributed by atoms with Crippen molar-refractivity contribution in [3.05, 3.63) is 77.2 Å². The summed E-state index contributed by atoms with van der Waals surface area (Å²) >= 11 is 0. The number of hydrogen-bond acceptors (Lipinski definition) is 8. The van der Waals surface area contributed by atoms with E-state index in [4.69, 9.17) is 11.6 Å². The molecule has 48 heavy (non-hydrogen) atoms. The second-order valence-electron chi connectivity index (χ2n) is 13.4. The van der Waals surface area contributed by atoms with Crippen LogP contribution in [0.3, 0.4) is 0 Å². The standard InChI is InChI=1S/C36H51F3N8S/c1-5-26(27-13-19-48(4)20-14-27)21-31-34-42-24-43-35(31)45(3)15-6-7-16-47(41)23-29(40)22-46-17-11-28(12-18-46)36(38,39)32-10-8-9-30(33(32)37)25(2)44-34/h5,8-10,21,23-25,27-28H,1,4,6-7,11-20,22,40-41H2,2-3H3,(H,42,43,44)/b26-21+,29-23-/t25-,27?,48?/m1/s1. The van der Waals surface area contributed by atoms with E-state index in [9.17, 15) is 0 Å². The van der Waals surface area contributed by atoms with Gasteiger partial charge in [-0.3, -0.25) is 4.90 Å². The zero-order valence-corrected chi connectivity index (χ0v) is 29.1. The van der Waals surface area contributed by atoms with Gasteiger partial charge in [0.1, 0.15) is 23.8 Å². The lowest BCUT2D eigenvalue weighted by Crippen LogP contribution is -2.41. The van der Waals surface area contributed by atoms with Crippen molar-refractivity contribution in [2.24, 2.45) is 23.4 Å². The van der Waals surface area contributed by atoms with Crippen LogP contribution >= 0.6 is 10.5 Å². The number of nitrogens with one attached hydrogen (secondary N) is 1. The van der Waals surface area contributed by atoms with Crippen molar-refractivity contribution in [2.75, 3.05) is 61.5 Å². The Morgan fingerprint density at radius 3 is 2.50 bits per heavy atom. The van der Waals surface area contributed by atoms with Crippen LogP contribution in [0.15, 0.2) is 54.7 Å². The molecule has 2 saturated heterocycles. The van der Waals surface area contributed by atoms with Gasteiger partial charge in [0.05, 0.1) is 17.2 Å². The van der Waals surface area contributed by atoms with Gasteiger partial charge in [-0.05, 0) is 87.6 Å². The summed E-state index contributed by atoms with van der Waals surface area (Å²) in [5.74, 6) is 9.05. The van der Waals surface area contributed by atoms with E-state index in [-0.39, 0.29) is 28.9 Å². The van der Waals surface area contributed by atoms with E-state index in [0.717, 1.165) is 48.3 Å². The lowest BCUT2D eigenvalue weighted by molar-refractivity contribution is -0.0874. The lowest BCUT2D eigenvalue weighted by Gasteiger charge is -2.36. The number of hydrogen-bond donors (Lipinski definition) is 3. The Morgan fingerprint density at radius 1 is 1.08 bits per heavy atom. The fourth-order valence-electron chi connectivity index (χ4n) is 7.07. The van der Waals surface area contributed by atoms with Gasteiger partial charge in [0.2, 0.25) is 0 Å². The normalized spacial score (nSPS) is 28.8. The number of nitrogens with zero attached hydrogens (tertiary/aromatic N) is 5. The van der Waals surface area contributed by atoms with Crippen LogP contribution < -0.4 is 21.8 Å². The predicted octanol–water partition coefficient (Wildman–Crippen LogP) is 6.48. The summed E-state index contributed by atoms with van der Waals surface area (Å²) in [6, 6.07) is 3.66. The van der Waals surface area contributed by atoms with E-state index < -0.39 is 29.3 Å². The number of rotatable bonds is 3. The van der Waals surface area contributed by atoms with E-state index in [0.29, 0.717) is 56.0 Å². The third-order valence-electron chi connectivity index (χ3n) is 9.96. The molecule has 262 valence electrons. The first kappa shape index (κ1) is 35.9. The molecule has 0 unspecified atom stereocenters. The monoisotopic (exact) mass is 684 g/mol. The zero-order chi connectivity index (χ0) is 34.4. The van der Waals surface area contributed by atoms with Crippen molar-refractivity contribution in [3.63, 3.8) is 0 Å². The topological polar surface area (TPSA) is 99.6 Å². The molecule has 0 spiro atoms. The summed E-state index contributed by atoms with van der Waals surface area (Å²) < 4.78 is 48.2. The first-order valence-electron chi connectivity index (χ1n) is 17.0. The van der Waals surface area contributed by atoms with Gasteiger partial charge >= 0.3 is 0 Å². The Morgan fingerprint density at radius 2 is 1.79 bits per heavy atom. The Balaban J connectivity index is 1.54. The van der Waals surface area contributed by atoms with E-state index in [1.165, 1.54) is 18.5 Å². The van der Waals surface area contributed by atoms with Crippen LogP contribution in [0.2, 0.25) is 0 Å². The number of hydrazine groups is 1. The van der Waals surface area contributed by atoms with Gasteiger partial charge in [-0.25, -0.2) is 29.0 Å². The highest BCUT2D eigenvalue weighted by Gasteiger charge is 2.45. The fourth-order valence-corrected chi connectivity index (χ4v) is 8.51. The van der Waals surface area contributed by atoms with Crippen molar-refractivity contribution in [1.29, 1.82) is 0 Å². The Labute approximate surface area is 286 Å². The molecule has 1 aromatic carbocycles. The maximum atomic E-state index is 16.2. The molecule has 1 atom stereocenters. The molecule has 2 aromatic rings. The van der Waals surface area contributed by atoms with Gasteiger partial charge in [-0.2, -0.15) is 10.5 Å². The zero-order valence-electron chi connectivity index (χ0n) is 28.3. The van der Waals surface area contributed by atoms with Crippen LogP contribution in [0.4, 0.5) is 24.8 Å². The quantitative estimate of drug-likeness (QED) is 0.192. The molecule has 0 aliphatic carbocycles. The molecule has 0 amide bonds. The summed E-state index contributed by atoms with van der Waals surface area (Å²) in [5, 5.41) is 4.96. The lowest BCUT2D eigenvalue weighted by atomic mass is 9.85. The third-order valence-corrected chi connectivity index (χ3v) is 11.6. The molecule has 12 heteroatoms. The second kappa shape index (κ2) is 15.9. The average Bonchev–Trinajstić information content (AvgIpc) is 3.06. The fraction of sp³-hybridized carbons (Fsp3) is 0.528. The minimum atomic E-state index is -3.33. The highest BCUT2D eigenvalue weighted by Crippen LogP contribution is 2.44. The maximum Gasteiger partial charge on any atom is 0.278 e. The Hall–Kier alpha value is -3.35. The molecule has 8 nitrogen and oxygen atoms in total. The highest BCUT2D eigenvalue weighted by atomic mass is 32.2. The molecule has 1 aromatic heterocycles. The molecule has 5 N–H and O–H groups in total. The van der Waals surface area contributed by atoms with Crippen LogP contribution in [0.5, 0.6) is 0 Å². The Bertz CT molecular complexity index is 1510. The van der Waals surface area contributed by atoms with Crippen molar-refractivity contribution >= 4 is 34.1 Å². The number of piperidine rings is 1. The first-order valence-corrected chi connectivity index (χ1v) is 18.7. The highest BCUT2D eigenvalue weighted by molar-refractivity contribution is 8.14. The number of fused-ring (bicyclic) bond motifs is 10. The summed E-state index contributed by atoms with van der Waals surface area (Å²) in [5.41, 5.74) is 8.33. The SMILES string of the molecule is C=C/C(=C\c1c2ncnc1N(C)CCCCN(N)/C=C(\N)CN1CCC(CC1)C(F)(F)c1cccc(c1F)[C@@H](C)N2)C1CCS(=C)CC1. The van der Waals surface area contributed by atoms with E-state index >= 15 is 13.2 Å². The van der Waals surface area contributed by atoms with E-state index in [1.807, 2.05) is 13.1 Å². The number of aromatic nitrogens is 2. The number of benzene rings is 1. The van der Waals surface area contributed by atoms with Gasteiger partial charge in [-0.15, -0.1) is 0 Å². The van der Waals surface area contributed by atoms with Gasteiger partial charge in [-0.1, -0.05) is 36.7 Å². The number of anilines is 2. The van der Waals surface area contributed by atoms with Crippen LogP contribution in [-0.4, -0.2) is 77.0 Å². The molecule has 6 bridgehead atoms. The molecule has 4 aliphatic rings. The van der Waals surface area contributed by atoms with Crippen LogP contribution in [0.25, 0.3) is 6.08 Å². The molecular formula is C36H51F3N8S. The molecule has 0 radical (unpaired) electrons. The van der Waals surface area contributed by atoms with Crippen molar-refractivity contribution in [3.8, 4) is 0 Å². The largest absolute Gasteiger partial charge is 0.400 e. The summed E-state index contributed by atoms with van der Waals surface area (Å²) in [6.07, 6.45) is 11.4. The Kier molecular flexibility index (Phi) is 11.9. The van der Waals surface area contributed by atoms with Crippen molar-refractivity contribution < 1.29 is 13.2 Å². The number of halogens is 3. The number of allylic oxidation sites excluding steroid dienone is 2. The molecule has 4 aliphatic heterocycles. The summed E-state index contributed by atoms with van der Waals surface area (Å²) in [4.78, 5) is 13.4. The maximum absolute atomic E-state index is 16.2. The first-order chi connectivity index (χ1) is 23.0. The molecule has 5 heterocycles. The van der Waals surface area contributed by atoms with Gasteiger partial charge < -0.3 is 21.0 Å². The van der Waals surface area contributed by atoms with E-state index in [2.05, 4.69) is 43.6 Å². The minimum Gasteiger partial charge on any atom is -0.400 e. The smallest absolute Gasteiger partial charge is 0.278 e. The molecular weight excluding hydrogens is 634 g/mol. The van der Waals surface area contributed by atoms with E-state index in [1.54, 1.807) is 24.2 Å². The van der Waals surface area contributed by atoms with Gasteiger partial charge in [0, 0.05) is 50.1 Å². The van der Waals surface area contributed by atoms with Crippen LogP contribution in [0.1, 0.15) is 68.2 Å². The number of alkyl halides is 2. The third kappa shape index (κ3) is 8.44. The molecule has 0 saturated carbocycles. The van der Waals surface area contributed by atoms with Crippen LogP contribution in [-0.2, 0) is 5.92 Å². The summed E-state index contributed by atoms with van der Waals surface area (Å²) in [6.45, 7) is 8.57.